The van der Waals surface area contributed by atoms with Gasteiger partial charge in [0.05, 0.1) is 26.4 Å². The molecule has 0 spiro atoms. The summed E-state index contributed by atoms with van der Waals surface area (Å²) in [6.45, 7) is 4.46. The summed E-state index contributed by atoms with van der Waals surface area (Å²) in [6, 6.07) is 13.6. The molecular formula is C32H35NO5S. The van der Waals surface area contributed by atoms with Crippen molar-refractivity contribution in [1.29, 1.82) is 0 Å². The second-order valence-electron chi connectivity index (χ2n) is 11.1. The molecule has 4 atom stereocenters. The van der Waals surface area contributed by atoms with Crippen molar-refractivity contribution in [2.45, 2.75) is 57.3 Å². The molecule has 1 heterocycles. The van der Waals surface area contributed by atoms with Gasteiger partial charge in [0.1, 0.15) is 16.5 Å². The lowest BCUT2D eigenvalue weighted by Crippen LogP contribution is -2.43. The van der Waals surface area contributed by atoms with Crippen molar-refractivity contribution in [3.63, 3.8) is 0 Å². The second-order valence-corrected chi connectivity index (χ2v) is 12.3. The zero-order valence-electron chi connectivity index (χ0n) is 23.0. The predicted octanol–water partition coefficient (Wildman–Crippen LogP) is 6.76. The highest BCUT2D eigenvalue weighted by Crippen LogP contribution is 2.63. The van der Waals surface area contributed by atoms with Crippen LogP contribution in [0.15, 0.2) is 42.5 Å². The summed E-state index contributed by atoms with van der Waals surface area (Å²) in [5, 5.41) is 3.65. The van der Waals surface area contributed by atoms with Gasteiger partial charge in [0.25, 0.3) is 5.91 Å². The summed E-state index contributed by atoms with van der Waals surface area (Å²) in [4.78, 5) is 27.8. The number of amides is 1. The molecule has 4 unspecified atom stereocenters. The van der Waals surface area contributed by atoms with Crippen LogP contribution in [0.25, 0.3) is 0 Å². The number of esters is 1. The van der Waals surface area contributed by atoms with Crippen LogP contribution in [-0.4, -0.2) is 32.7 Å². The molecule has 3 aliphatic carbocycles. The molecule has 6 nitrogen and oxygen atoms in total. The summed E-state index contributed by atoms with van der Waals surface area (Å²) in [5.74, 6) is 2.60. The van der Waals surface area contributed by atoms with Gasteiger partial charge in [-0.05, 0) is 115 Å². The largest absolute Gasteiger partial charge is 0.497 e. The van der Waals surface area contributed by atoms with E-state index in [1.165, 1.54) is 16.0 Å². The van der Waals surface area contributed by atoms with E-state index in [4.69, 9.17) is 14.2 Å². The van der Waals surface area contributed by atoms with Crippen LogP contribution in [0.2, 0.25) is 0 Å². The maximum absolute atomic E-state index is 13.4. The van der Waals surface area contributed by atoms with Crippen molar-refractivity contribution >= 4 is 28.2 Å². The number of fused-ring (bicyclic) bond motifs is 7. The number of benzene rings is 2. The van der Waals surface area contributed by atoms with Gasteiger partial charge in [0, 0.05) is 10.4 Å². The number of anilines is 1. The van der Waals surface area contributed by atoms with E-state index in [-0.39, 0.29) is 17.3 Å². The Morgan fingerprint density at radius 1 is 1.05 bits per heavy atom. The number of methoxy groups -OCH3 is 2. The van der Waals surface area contributed by atoms with Crippen LogP contribution in [0.5, 0.6) is 11.5 Å². The van der Waals surface area contributed by atoms with E-state index in [9.17, 15) is 9.59 Å². The van der Waals surface area contributed by atoms with Gasteiger partial charge in [-0.25, -0.2) is 4.79 Å². The molecule has 7 heteroatoms. The Morgan fingerprint density at radius 3 is 2.51 bits per heavy atom. The van der Waals surface area contributed by atoms with Gasteiger partial charge in [0.15, 0.2) is 0 Å². The molecule has 3 aromatic rings. The quantitative estimate of drug-likeness (QED) is 0.346. The number of thiophene rings is 1. The number of aryl methyl sites for hydroxylation is 1. The summed E-state index contributed by atoms with van der Waals surface area (Å²) in [5.41, 5.74) is 4.96. The van der Waals surface area contributed by atoms with Crippen LogP contribution in [0.1, 0.15) is 81.3 Å². The zero-order chi connectivity index (χ0) is 27.3. The standard InChI is InChI=1S/C32H35NO5S/c1-5-38-31(35)27-28-26(39-30(27)33-29(34)18-6-9-20(36-3)10-7-18)17-25-24-12-8-19-16-21(37-4)11-13-22(19)23(24)14-15-32(25,28)2/h6-7,9-11,13,16,23-25H,5,8,12,14-15,17H2,1-4H3,(H,33,34). The molecule has 1 aromatic heterocycles. The molecule has 0 aliphatic heterocycles. The number of nitrogens with one attached hydrogen (secondary N) is 1. The fraction of sp³-hybridized carbons (Fsp3) is 0.438. The number of hydrogen-bond donors (Lipinski definition) is 1. The Labute approximate surface area is 233 Å². The molecule has 2 aromatic carbocycles. The normalized spacial score (nSPS) is 24.6. The Bertz CT molecular complexity index is 1430. The van der Waals surface area contributed by atoms with Crippen molar-refractivity contribution in [3.05, 3.63) is 75.2 Å². The fourth-order valence-corrected chi connectivity index (χ4v) is 8.90. The molecule has 204 valence electrons. The molecule has 1 N–H and O–H groups in total. The summed E-state index contributed by atoms with van der Waals surface area (Å²) >= 11 is 1.55. The van der Waals surface area contributed by atoms with Crippen molar-refractivity contribution in [3.8, 4) is 11.5 Å². The SMILES string of the molecule is CCOC(=O)c1c(NC(=O)c2ccc(OC)cc2)sc2c1C1(C)CCC3c4ccc(OC)cc4CCC3C1C2. The molecule has 0 saturated heterocycles. The van der Waals surface area contributed by atoms with Gasteiger partial charge in [-0.2, -0.15) is 0 Å². The third-order valence-corrected chi connectivity index (χ3v) is 10.5. The molecule has 6 rings (SSSR count). The number of ether oxygens (including phenoxy) is 3. The van der Waals surface area contributed by atoms with Crippen molar-refractivity contribution in [2.24, 2.45) is 11.8 Å². The second kappa shape index (κ2) is 10.0. The minimum absolute atomic E-state index is 0.123. The van der Waals surface area contributed by atoms with Crippen LogP contribution in [-0.2, 0) is 23.0 Å². The Hall–Kier alpha value is -3.32. The number of carbonyl (C=O) groups is 2. The first-order chi connectivity index (χ1) is 18.9. The predicted molar refractivity (Wildman–Crippen MR) is 153 cm³/mol. The van der Waals surface area contributed by atoms with Crippen LogP contribution >= 0.6 is 11.3 Å². The lowest BCUT2D eigenvalue weighted by atomic mass is 9.54. The van der Waals surface area contributed by atoms with Gasteiger partial charge >= 0.3 is 5.97 Å². The van der Waals surface area contributed by atoms with Crippen molar-refractivity contribution in [2.75, 3.05) is 26.1 Å². The first-order valence-corrected chi connectivity index (χ1v) is 14.6. The molecular weight excluding hydrogens is 510 g/mol. The molecule has 1 amide bonds. The van der Waals surface area contributed by atoms with Crippen LogP contribution in [0, 0.1) is 11.8 Å². The van der Waals surface area contributed by atoms with Crippen LogP contribution in [0.3, 0.4) is 0 Å². The minimum atomic E-state index is -0.342. The smallest absolute Gasteiger partial charge is 0.341 e. The summed E-state index contributed by atoms with van der Waals surface area (Å²) in [7, 11) is 3.32. The van der Waals surface area contributed by atoms with E-state index in [1.54, 1.807) is 49.8 Å². The topological polar surface area (TPSA) is 73.9 Å². The lowest BCUT2D eigenvalue weighted by molar-refractivity contribution is 0.0519. The van der Waals surface area contributed by atoms with E-state index < -0.39 is 0 Å². The van der Waals surface area contributed by atoms with Gasteiger partial charge < -0.3 is 19.5 Å². The van der Waals surface area contributed by atoms with E-state index in [1.807, 2.05) is 6.92 Å². The first-order valence-electron chi connectivity index (χ1n) is 13.8. The highest BCUT2D eigenvalue weighted by Gasteiger charge is 2.55. The highest BCUT2D eigenvalue weighted by atomic mass is 32.1. The molecule has 0 radical (unpaired) electrons. The number of hydrogen-bond acceptors (Lipinski definition) is 6. The van der Waals surface area contributed by atoms with Gasteiger partial charge in [-0.3, -0.25) is 4.79 Å². The first kappa shape index (κ1) is 25.9. The fourth-order valence-electron chi connectivity index (χ4n) is 7.52. The summed E-state index contributed by atoms with van der Waals surface area (Å²) < 4.78 is 16.3. The molecule has 39 heavy (non-hydrogen) atoms. The maximum atomic E-state index is 13.4. The van der Waals surface area contributed by atoms with E-state index in [0.717, 1.165) is 43.4 Å². The van der Waals surface area contributed by atoms with Gasteiger partial charge in [-0.1, -0.05) is 13.0 Å². The third kappa shape index (κ3) is 4.22. The van der Waals surface area contributed by atoms with Crippen LogP contribution in [0.4, 0.5) is 5.00 Å². The monoisotopic (exact) mass is 545 g/mol. The molecule has 1 saturated carbocycles. The van der Waals surface area contributed by atoms with E-state index in [0.29, 0.717) is 46.2 Å². The minimum Gasteiger partial charge on any atom is -0.497 e. The third-order valence-electron chi connectivity index (χ3n) is 9.34. The van der Waals surface area contributed by atoms with Crippen LogP contribution < -0.4 is 14.8 Å². The lowest BCUT2D eigenvalue weighted by Gasteiger charge is -2.49. The molecule has 3 aliphatic rings. The Balaban J connectivity index is 1.33. The van der Waals surface area contributed by atoms with Gasteiger partial charge in [0.2, 0.25) is 0 Å². The zero-order valence-corrected chi connectivity index (χ0v) is 23.8. The van der Waals surface area contributed by atoms with E-state index >= 15 is 0 Å². The molecule has 1 fully saturated rings. The average Bonchev–Trinajstić information content (AvgIpc) is 3.46. The average molecular weight is 546 g/mol. The molecule has 0 bridgehead atoms. The highest BCUT2D eigenvalue weighted by molar-refractivity contribution is 7.17. The van der Waals surface area contributed by atoms with Crippen molar-refractivity contribution in [1.82, 2.24) is 0 Å². The maximum Gasteiger partial charge on any atom is 0.341 e. The Kier molecular flexibility index (Phi) is 6.66. The van der Waals surface area contributed by atoms with Crippen molar-refractivity contribution < 1.29 is 23.8 Å². The number of rotatable bonds is 6. The Morgan fingerprint density at radius 2 is 1.79 bits per heavy atom. The summed E-state index contributed by atoms with van der Waals surface area (Å²) in [6.07, 6.45) is 5.24. The van der Waals surface area contributed by atoms with Gasteiger partial charge in [-0.15, -0.1) is 11.3 Å². The van der Waals surface area contributed by atoms with E-state index in [2.05, 4.69) is 30.4 Å². The number of carbonyl (C=O) groups excluding carboxylic acids is 2.